The van der Waals surface area contributed by atoms with Crippen molar-refractivity contribution >= 4 is 17.2 Å². The number of hydrogen-bond donors (Lipinski definition) is 1. The number of amides is 1. The topological polar surface area (TPSA) is 121 Å². The highest BCUT2D eigenvalue weighted by Crippen LogP contribution is 2.27. The molecule has 0 radical (unpaired) electrons. The Balaban J connectivity index is 0.928. The lowest BCUT2D eigenvalue weighted by molar-refractivity contribution is -0.00464. The quantitative estimate of drug-likeness (QED) is 0.168. The molecule has 11 heteroatoms. The first kappa shape index (κ1) is 32.2. The zero-order valence-electron chi connectivity index (χ0n) is 26.4. The largest absolute Gasteiger partial charge is 0.490 e. The van der Waals surface area contributed by atoms with Crippen LogP contribution in [-0.4, -0.2) is 77.0 Å². The molecule has 1 amide bonds. The van der Waals surface area contributed by atoms with Gasteiger partial charge in [0.05, 0.1) is 30.2 Å². The van der Waals surface area contributed by atoms with Crippen LogP contribution >= 0.6 is 0 Å². The average molecular weight is 618 g/mol. The Hall–Kier alpha value is -4.22. The van der Waals surface area contributed by atoms with Crippen LogP contribution in [0.1, 0.15) is 52.1 Å². The van der Waals surface area contributed by atoms with E-state index in [1.165, 1.54) is 0 Å². The molecule has 1 aromatic carbocycles. The highest BCUT2D eigenvalue weighted by Gasteiger charge is 2.19. The van der Waals surface area contributed by atoms with Crippen LogP contribution < -0.4 is 14.8 Å². The zero-order valence-corrected chi connectivity index (χ0v) is 26.4. The zero-order chi connectivity index (χ0) is 31.5. The van der Waals surface area contributed by atoms with Crippen LogP contribution in [0.15, 0.2) is 65.5 Å². The van der Waals surface area contributed by atoms with Crippen molar-refractivity contribution in [2.75, 3.05) is 39.4 Å². The maximum atomic E-state index is 11.7. The Labute approximate surface area is 264 Å². The van der Waals surface area contributed by atoms with Crippen LogP contribution in [-0.2, 0) is 16.1 Å². The summed E-state index contributed by atoms with van der Waals surface area (Å²) in [5.74, 6) is 1.91. The number of unbranched alkanes of at least 4 members (excludes halogenated alkanes) is 1. The Morgan fingerprint density at radius 2 is 1.87 bits per heavy atom. The molecule has 1 aliphatic heterocycles. The number of carbonyl (C=O) groups is 1. The standard InChI is InChI=1S/C34H43N5O6/c1-34(2,3)45-33(40)36-15-4-5-16-39-17-12-27(13-18-39)41-19-20-42-29-9-8-26(37-23-29)24-43-28-10-11-31-30(21-28)38-32(44-31)25-7-6-14-35-22-25/h6-11,14,21-23,27H,4-5,12-13,15-20,24H2,1-3H3,(H,36,40). The van der Waals surface area contributed by atoms with E-state index in [0.717, 1.165) is 62.1 Å². The van der Waals surface area contributed by atoms with Crippen LogP contribution in [0.4, 0.5) is 4.79 Å². The number of benzene rings is 1. The van der Waals surface area contributed by atoms with E-state index in [9.17, 15) is 4.79 Å². The van der Waals surface area contributed by atoms with Gasteiger partial charge in [-0.2, -0.15) is 0 Å². The van der Waals surface area contributed by atoms with Gasteiger partial charge >= 0.3 is 6.09 Å². The van der Waals surface area contributed by atoms with Crippen molar-refractivity contribution in [1.29, 1.82) is 0 Å². The molecule has 4 aromatic rings. The van der Waals surface area contributed by atoms with Gasteiger partial charge in [0, 0.05) is 38.1 Å². The van der Waals surface area contributed by atoms with E-state index in [1.54, 1.807) is 18.6 Å². The number of piperidine rings is 1. The first-order valence-corrected chi connectivity index (χ1v) is 15.6. The molecule has 1 saturated heterocycles. The van der Waals surface area contributed by atoms with Crippen LogP contribution in [0.3, 0.4) is 0 Å². The number of ether oxygens (including phenoxy) is 4. The Kier molecular flexibility index (Phi) is 11.2. The molecule has 3 aromatic heterocycles. The van der Waals surface area contributed by atoms with Crippen molar-refractivity contribution in [3.05, 3.63) is 66.7 Å². The smallest absolute Gasteiger partial charge is 0.407 e. The number of oxazole rings is 1. The Morgan fingerprint density at radius 1 is 1.02 bits per heavy atom. The first-order chi connectivity index (χ1) is 21.8. The van der Waals surface area contributed by atoms with Crippen LogP contribution in [0.25, 0.3) is 22.6 Å². The van der Waals surface area contributed by atoms with E-state index >= 15 is 0 Å². The maximum absolute atomic E-state index is 11.7. The van der Waals surface area contributed by atoms with Gasteiger partial charge in [0.25, 0.3) is 0 Å². The summed E-state index contributed by atoms with van der Waals surface area (Å²) < 4.78 is 29.0. The molecular weight excluding hydrogens is 574 g/mol. The third-order valence-corrected chi connectivity index (χ3v) is 7.26. The minimum Gasteiger partial charge on any atom is -0.490 e. The summed E-state index contributed by atoms with van der Waals surface area (Å²) in [7, 11) is 0. The summed E-state index contributed by atoms with van der Waals surface area (Å²) >= 11 is 0. The number of pyridine rings is 2. The first-order valence-electron chi connectivity index (χ1n) is 15.6. The molecule has 0 saturated carbocycles. The van der Waals surface area contributed by atoms with E-state index in [0.29, 0.717) is 49.3 Å². The molecule has 0 unspecified atom stereocenters. The van der Waals surface area contributed by atoms with Gasteiger partial charge in [0.15, 0.2) is 5.58 Å². The van der Waals surface area contributed by atoms with Crippen LogP contribution in [0.2, 0.25) is 0 Å². The van der Waals surface area contributed by atoms with Crippen LogP contribution in [0.5, 0.6) is 11.5 Å². The molecule has 4 heterocycles. The number of carbonyl (C=O) groups excluding carboxylic acids is 1. The van der Waals surface area contributed by atoms with E-state index in [-0.39, 0.29) is 12.2 Å². The van der Waals surface area contributed by atoms with Gasteiger partial charge in [-0.15, -0.1) is 0 Å². The highest BCUT2D eigenvalue weighted by molar-refractivity contribution is 5.77. The molecule has 0 aliphatic carbocycles. The number of nitrogens with one attached hydrogen (secondary N) is 1. The Bertz CT molecular complexity index is 1480. The summed E-state index contributed by atoms with van der Waals surface area (Å²) in [6.07, 6.45) is 9.07. The van der Waals surface area contributed by atoms with Gasteiger partial charge in [0.1, 0.15) is 35.8 Å². The number of nitrogens with zero attached hydrogens (tertiary/aromatic N) is 4. The SMILES string of the molecule is CC(C)(C)OC(=O)NCCCCN1CCC(OCCOc2ccc(COc3ccc4oc(-c5cccnc5)nc4c3)nc2)CC1. The number of rotatable bonds is 14. The fourth-order valence-electron chi connectivity index (χ4n) is 4.99. The lowest BCUT2D eigenvalue weighted by Crippen LogP contribution is -2.38. The third-order valence-electron chi connectivity index (χ3n) is 7.26. The van der Waals surface area contributed by atoms with E-state index < -0.39 is 5.60 Å². The van der Waals surface area contributed by atoms with Crippen molar-refractivity contribution < 1.29 is 28.2 Å². The fraction of sp³-hybridized carbons (Fsp3) is 0.471. The number of hydrogen-bond acceptors (Lipinski definition) is 10. The summed E-state index contributed by atoms with van der Waals surface area (Å²) in [6, 6.07) is 13.1. The summed E-state index contributed by atoms with van der Waals surface area (Å²) in [5.41, 5.74) is 2.56. The molecule has 0 atom stereocenters. The van der Waals surface area contributed by atoms with Crippen molar-refractivity contribution in [3.63, 3.8) is 0 Å². The van der Waals surface area contributed by atoms with Gasteiger partial charge in [-0.3, -0.25) is 9.97 Å². The summed E-state index contributed by atoms with van der Waals surface area (Å²) in [6.45, 7) is 10.7. The molecule has 45 heavy (non-hydrogen) atoms. The van der Waals surface area contributed by atoms with Gasteiger partial charge in [-0.1, -0.05) is 0 Å². The molecule has 11 nitrogen and oxygen atoms in total. The maximum Gasteiger partial charge on any atom is 0.407 e. The third kappa shape index (κ3) is 10.4. The lowest BCUT2D eigenvalue weighted by atomic mass is 10.1. The average Bonchev–Trinajstić information content (AvgIpc) is 3.46. The Morgan fingerprint density at radius 3 is 2.62 bits per heavy atom. The van der Waals surface area contributed by atoms with Crippen molar-refractivity contribution in [2.45, 2.75) is 64.8 Å². The van der Waals surface area contributed by atoms with Crippen molar-refractivity contribution in [3.8, 4) is 23.0 Å². The number of alkyl carbamates (subject to hydrolysis) is 1. The van der Waals surface area contributed by atoms with Gasteiger partial charge < -0.3 is 33.6 Å². The predicted molar refractivity (Wildman–Crippen MR) is 170 cm³/mol. The fourth-order valence-corrected chi connectivity index (χ4v) is 4.99. The van der Waals surface area contributed by atoms with Crippen molar-refractivity contribution in [1.82, 2.24) is 25.2 Å². The minimum atomic E-state index is -0.465. The monoisotopic (exact) mass is 617 g/mol. The van der Waals surface area contributed by atoms with E-state index in [1.807, 2.05) is 63.2 Å². The second-order valence-electron chi connectivity index (χ2n) is 12.1. The molecule has 1 N–H and O–H groups in total. The second-order valence-corrected chi connectivity index (χ2v) is 12.1. The molecule has 0 bridgehead atoms. The molecule has 5 rings (SSSR count). The normalized spacial score (nSPS) is 14.4. The van der Waals surface area contributed by atoms with Crippen LogP contribution in [0, 0.1) is 0 Å². The molecule has 240 valence electrons. The number of likely N-dealkylation sites (tertiary alicyclic amines) is 1. The predicted octanol–water partition coefficient (Wildman–Crippen LogP) is 6.03. The molecular formula is C34H43N5O6. The number of aromatic nitrogens is 3. The number of fused-ring (bicyclic) bond motifs is 1. The molecule has 1 fully saturated rings. The van der Waals surface area contributed by atoms with E-state index in [2.05, 4.69) is 25.2 Å². The minimum absolute atomic E-state index is 0.259. The summed E-state index contributed by atoms with van der Waals surface area (Å²) in [5, 5.41) is 2.82. The summed E-state index contributed by atoms with van der Waals surface area (Å²) in [4.78, 5) is 27.3. The van der Waals surface area contributed by atoms with Gasteiger partial charge in [-0.25, -0.2) is 9.78 Å². The van der Waals surface area contributed by atoms with E-state index in [4.69, 9.17) is 23.4 Å². The second kappa shape index (κ2) is 15.7. The van der Waals surface area contributed by atoms with Gasteiger partial charge in [-0.05, 0) is 89.4 Å². The molecule has 1 aliphatic rings. The lowest BCUT2D eigenvalue weighted by Gasteiger charge is -2.31. The van der Waals surface area contributed by atoms with Gasteiger partial charge in [0.2, 0.25) is 5.89 Å². The highest BCUT2D eigenvalue weighted by atomic mass is 16.6. The molecule has 0 spiro atoms. The van der Waals surface area contributed by atoms with Crippen molar-refractivity contribution in [2.24, 2.45) is 0 Å².